The molecule has 0 aromatic rings. The van der Waals surface area contributed by atoms with Gasteiger partial charge in [0, 0.05) is 11.6 Å². The molecule has 0 aromatic heterocycles. The number of rotatable bonds is 3. The fourth-order valence-electron chi connectivity index (χ4n) is 2.21. The molecule has 0 radical (unpaired) electrons. The molecule has 0 saturated heterocycles. The van der Waals surface area contributed by atoms with Gasteiger partial charge in [-0.1, -0.05) is 19.3 Å². The van der Waals surface area contributed by atoms with Gasteiger partial charge in [0.2, 0.25) is 5.91 Å². The highest BCUT2D eigenvalue weighted by atomic mass is 16.2. The fraction of sp³-hybridized carbons (Fsp3) is 0.857. The summed E-state index contributed by atoms with van der Waals surface area (Å²) in [4.78, 5) is 23.6. The Bertz CT molecular complexity index is 317. The Morgan fingerprint density at radius 3 is 2.21 bits per heavy atom. The van der Waals surface area contributed by atoms with Crippen molar-refractivity contribution in [2.75, 3.05) is 0 Å². The summed E-state index contributed by atoms with van der Waals surface area (Å²) < 4.78 is 0. The first-order chi connectivity index (χ1) is 8.78. The number of hydrogen-bond donors (Lipinski definition) is 3. The average Bonchev–Trinajstić information content (AvgIpc) is 2.27. The van der Waals surface area contributed by atoms with Crippen LogP contribution < -0.4 is 16.0 Å². The molecule has 1 atom stereocenters. The van der Waals surface area contributed by atoms with Crippen molar-refractivity contribution < 1.29 is 9.59 Å². The molecule has 1 aliphatic carbocycles. The van der Waals surface area contributed by atoms with E-state index in [1.807, 2.05) is 20.8 Å². The Morgan fingerprint density at radius 1 is 1.11 bits per heavy atom. The maximum atomic E-state index is 11.8. The van der Waals surface area contributed by atoms with Crippen molar-refractivity contribution in [3.8, 4) is 0 Å². The minimum absolute atomic E-state index is 0.161. The van der Waals surface area contributed by atoms with Crippen LogP contribution in [0.3, 0.4) is 0 Å². The van der Waals surface area contributed by atoms with E-state index in [9.17, 15) is 9.59 Å². The number of carbonyl (C=O) groups is 2. The SMILES string of the molecule is CC(NC(=O)NC1CCCCC1)C(=O)NC(C)(C)C. The van der Waals surface area contributed by atoms with Crippen LogP contribution in [0.1, 0.15) is 59.8 Å². The summed E-state index contributed by atoms with van der Waals surface area (Å²) >= 11 is 0. The number of hydrogen-bond acceptors (Lipinski definition) is 2. The molecule has 1 fully saturated rings. The Morgan fingerprint density at radius 2 is 1.68 bits per heavy atom. The van der Waals surface area contributed by atoms with Crippen molar-refractivity contribution in [3.05, 3.63) is 0 Å². The molecule has 0 aliphatic heterocycles. The molecule has 0 spiro atoms. The Kier molecular flexibility index (Phi) is 5.63. The van der Waals surface area contributed by atoms with E-state index in [0.29, 0.717) is 0 Å². The van der Waals surface area contributed by atoms with Gasteiger partial charge in [-0.05, 0) is 40.5 Å². The van der Waals surface area contributed by atoms with Crippen molar-refractivity contribution in [1.29, 1.82) is 0 Å². The number of urea groups is 1. The van der Waals surface area contributed by atoms with Crippen LogP contribution in [0.5, 0.6) is 0 Å². The first-order valence-electron chi connectivity index (χ1n) is 7.17. The fourth-order valence-corrected chi connectivity index (χ4v) is 2.21. The van der Waals surface area contributed by atoms with Gasteiger partial charge in [-0.15, -0.1) is 0 Å². The monoisotopic (exact) mass is 269 g/mol. The lowest BCUT2D eigenvalue weighted by Gasteiger charge is -2.26. The third-order valence-corrected chi connectivity index (χ3v) is 3.18. The molecule has 1 saturated carbocycles. The lowest BCUT2D eigenvalue weighted by atomic mass is 9.96. The third kappa shape index (κ3) is 6.45. The van der Waals surface area contributed by atoms with Gasteiger partial charge in [-0.3, -0.25) is 4.79 Å². The highest BCUT2D eigenvalue weighted by Crippen LogP contribution is 2.17. The Labute approximate surface area is 115 Å². The molecule has 0 bridgehead atoms. The molecule has 1 rings (SSSR count). The number of nitrogens with one attached hydrogen (secondary N) is 3. The highest BCUT2D eigenvalue weighted by molar-refractivity contribution is 5.87. The summed E-state index contributed by atoms with van der Waals surface area (Å²) in [5.74, 6) is -0.161. The lowest BCUT2D eigenvalue weighted by Crippen LogP contribution is -2.54. The first kappa shape index (κ1) is 15.8. The summed E-state index contributed by atoms with van der Waals surface area (Å²) in [6.45, 7) is 7.45. The standard InChI is InChI=1S/C14H27N3O2/c1-10(12(18)17-14(2,3)4)15-13(19)16-11-8-6-5-7-9-11/h10-11H,5-9H2,1-4H3,(H,17,18)(H2,15,16,19). The molecule has 1 unspecified atom stereocenters. The van der Waals surface area contributed by atoms with Crippen molar-refractivity contribution in [2.45, 2.75) is 77.4 Å². The van der Waals surface area contributed by atoms with Crippen LogP contribution in [0.15, 0.2) is 0 Å². The van der Waals surface area contributed by atoms with Crippen LogP contribution in [0.2, 0.25) is 0 Å². The van der Waals surface area contributed by atoms with Crippen molar-refractivity contribution in [3.63, 3.8) is 0 Å². The van der Waals surface area contributed by atoms with Crippen molar-refractivity contribution >= 4 is 11.9 Å². The van der Waals surface area contributed by atoms with E-state index < -0.39 is 6.04 Å². The molecule has 0 aromatic carbocycles. The van der Waals surface area contributed by atoms with Gasteiger partial charge in [0.1, 0.15) is 6.04 Å². The van der Waals surface area contributed by atoms with Crippen molar-refractivity contribution in [2.24, 2.45) is 0 Å². The molecule has 3 amide bonds. The van der Waals surface area contributed by atoms with Crippen LogP contribution in [0, 0.1) is 0 Å². The lowest BCUT2D eigenvalue weighted by molar-refractivity contribution is -0.123. The second-order valence-corrected chi connectivity index (χ2v) is 6.41. The molecule has 110 valence electrons. The molecule has 0 heterocycles. The second-order valence-electron chi connectivity index (χ2n) is 6.41. The molecular formula is C14H27N3O2. The van der Waals surface area contributed by atoms with E-state index >= 15 is 0 Å². The largest absolute Gasteiger partial charge is 0.350 e. The number of carbonyl (C=O) groups excluding carboxylic acids is 2. The summed E-state index contributed by atoms with van der Waals surface area (Å²) in [5.41, 5.74) is -0.285. The molecule has 5 nitrogen and oxygen atoms in total. The predicted molar refractivity (Wildman–Crippen MR) is 75.9 cm³/mol. The van der Waals surface area contributed by atoms with Crippen molar-refractivity contribution in [1.82, 2.24) is 16.0 Å². The van der Waals surface area contributed by atoms with Gasteiger partial charge >= 0.3 is 6.03 Å². The van der Waals surface area contributed by atoms with E-state index in [0.717, 1.165) is 12.8 Å². The zero-order valence-corrected chi connectivity index (χ0v) is 12.5. The molecule has 1 aliphatic rings. The van der Waals surface area contributed by atoms with Crippen LogP contribution in [-0.4, -0.2) is 29.6 Å². The maximum absolute atomic E-state index is 11.8. The number of amides is 3. The summed E-state index contributed by atoms with van der Waals surface area (Å²) in [7, 11) is 0. The zero-order chi connectivity index (χ0) is 14.5. The van der Waals surface area contributed by atoms with Gasteiger partial charge in [0.15, 0.2) is 0 Å². The second kappa shape index (κ2) is 6.78. The van der Waals surface area contributed by atoms with Crippen LogP contribution in [0.4, 0.5) is 4.79 Å². The van der Waals surface area contributed by atoms with Crippen LogP contribution in [0.25, 0.3) is 0 Å². The maximum Gasteiger partial charge on any atom is 0.315 e. The average molecular weight is 269 g/mol. The van der Waals surface area contributed by atoms with Crippen LogP contribution >= 0.6 is 0 Å². The van der Waals surface area contributed by atoms with Gasteiger partial charge in [0.25, 0.3) is 0 Å². The summed E-state index contributed by atoms with van der Waals surface area (Å²) in [5, 5.41) is 8.47. The minimum Gasteiger partial charge on any atom is -0.350 e. The van der Waals surface area contributed by atoms with E-state index in [1.165, 1.54) is 19.3 Å². The van der Waals surface area contributed by atoms with E-state index in [-0.39, 0.29) is 23.5 Å². The van der Waals surface area contributed by atoms with Gasteiger partial charge < -0.3 is 16.0 Å². The third-order valence-electron chi connectivity index (χ3n) is 3.18. The predicted octanol–water partition coefficient (Wildman–Crippen LogP) is 1.92. The molecule has 5 heteroatoms. The topological polar surface area (TPSA) is 70.2 Å². The first-order valence-corrected chi connectivity index (χ1v) is 7.17. The van der Waals surface area contributed by atoms with E-state index in [2.05, 4.69) is 16.0 Å². The van der Waals surface area contributed by atoms with Gasteiger partial charge in [0.05, 0.1) is 0 Å². The quantitative estimate of drug-likeness (QED) is 0.732. The molecular weight excluding hydrogens is 242 g/mol. The zero-order valence-electron chi connectivity index (χ0n) is 12.5. The Hall–Kier alpha value is -1.26. The Balaban J connectivity index is 2.32. The molecule has 19 heavy (non-hydrogen) atoms. The summed E-state index contributed by atoms with van der Waals surface area (Å²) in [6, 6.07) is -0.516. The minimum atomic E-state index is -0.525. The normalized spacial score (nSPS) is 18.5. The van der Waals surface area contributed by atoms with Gasteiger partial charge in [-0.25, -0.2) is 4.79 Å². The van der Waals surface area contributed by atoms with Gasteiger partial charge in [-0.2, -0.15) is 0 Å². The highest BCUT2D eigenvalue weighted by Gasteiger charge is 2.22. The van der Waals surface area contributed by atoms with E-state index in [4.69, 9.17) is 0 Å². The smallest absolute Gasteiger partial charge is 0.315 e. The van der Waals surface area contributed by atoms with E-state index in [1.54, 1.807) is 6.92 Å². The summed E-state index contributed by atoms with van der Waals surface area (Å²) in [6.07, 6.45) is 5.67. The molecule has 3 N–H and O–H groups in total. The van der Waals surface area contributed by atoms with Crippen LogP contribution in [-0.2, 0) is 4.79 Å².